The normalized spacial score (nSPS) is 14.5. The number of nitrogens with zero attached hydrogens (tertiary/aromatic N) is 1. The van der Waals surface area contributed by atoms with Crippen molar-refractivity contribution in [3.05, 3.63) is 211 Å². The Bertz CT molecular complexity index is 3380. The van der Waals surface area contributed by atoms with Gasteiger partial charge in [0.1, 0.15) is 11.2 Å². The number of dihydropyridines is 1. The molecule has 0 saturated heterocycles. The van der Waals surface area contributed by atoms with Crippen LogP contribution in [0, 0.1) is 0 Å². The SMILES string of the molecule is C1=C(c2ccc3c(c2)sc2ccc(-c4ccc5c(c4)oc4cc(-n6c7ccccc7c7ccccc76)ccc45)cc23)C=C(c2ccccc2)NC1c1ccccc1. The summed E-state index contributed by atoms with van der Waals surface area (Å²) in [5.74, 6) is 0. The van der Waals surface area contributed by atoms with Crippen LogP contribution < -0.4 is 5.32 Å². The molecule has 0 bridgehead atoms. The smallest absolute Gasteiger partial charge is 0.137 e. The number of para-hydroxylation sites is 2. The van der Waals surface area contributed by atoms with Crippen LogP contribution in [0.15, 0.2) is 199 Å². The Morgan fingerprint density at radius 1 is 0.456 bits per heavy atom. The second kappa shape index (κ2) is 12.7. The van der Waals surface area contributed by atoms with Crippen molar-refractivity contribution in [2.24, 2.45) is 0 Å². The summed E-state index contributed by atoms with van der Waals surface area (Å²) in [7, 11) is 0. The number of benzene rings is 8. The minimum atomic E-state index is 0.0771. The second-order valence-electron chi connectivity index (χ2n) is 15.0. The van der Waals surface area contributed by atoms with Crippen molar-refractivity contribution in [2.75, 3.05) is 0 Å². The molecule has 0 spiro atoms. The standard InChI is InChI=1S/C53H34N2OS/c1-3-11-33(12-4-1)46-28-38(29-47(54-46)34-13-5-2-6-14-34)37-20-24-44-45-27-35(21-26-52(45)57-53(44)31-37)36-19-23-42-43-25-22-39(32-51(43)56-50(42)30-36)55-48-17-9-7-15-40(48)41-16-8-10-18-49(41)55/h1-32,46,54H. The maximum Gasteiger partial charge on any atom is 0.137 e. The highest BCUT2D eigenvalue weighted by Gasteiger charge is 2.20. The molecule has 57 heavy (non-hydrogen) atoms. The van der Waals surface area contributed by atoms with Gasteiger partial charge >= 0.3 is 0 Å². The van der Waals surface area contributed by atoms with Crippen molar-refractivity contribution >= 4 is 86.5 Å². The number of allylic oxidation sites excluding steroid dienone is 2. The van der Waals surface area contributed by atoms with Gasteiger partial charge < -0.3 is 14.3 Å². The van der Waals surface area contributed by atoms with Crippen LogP contribution in [0.2, 0.25) is 0 Å². The lowest BCUT2D eigenvalue weighted by molar-refractivity contribution is 0.669. The molecule has 8 aromatic carbocycles. The zero-order valence-electron chi connectivity index (χ0n) is 30.8. The Hall–Kier alpha value is -7.14. The zero-order valence-corrected chi connectivity index (χ0v) is 31.6. The molecule has 1 aliphatic rings. The number of hydrogen-bond donors (Lipinski definition) is 1. The lowest BCUT2D eigenvalue weighted by Gasteiger charge is -2.25. The molecule has 0 saturated carbocycles. The molecule has 1 aliphatic heterocycles. The first kappa shape index (κ1) is 32.1. The molecule has 0 amide bonds. The lowest BCUT2D eigenvalue weighted by Crippen LogP contribution is -2.21. The Morgan fingerprint density at radius 2 is 1.09 bits per heavy atom. The Labute approximate surface area is 333 Å². The van der Waals surface area contributed by atoms with Crippen LogP contribution in [0.25, 0.3) is 92.0 Å². The molecule has 0 fully saturated rings. The average molecular weight is 747 g/mol. The van der Waals surface area contributed by atoms with Gasteiger partial charge in [-0.3, -0.25) is 0 Å². The Kier molecular flexibility index (Phi) is 7.16. The molecule has 3 nitrogen and oxygen atoms in total. The third kappa shape index (κ3) is 5.26. The van der Waals surface area contributed by atoms with Crippen molar-refractivity contribution in [3.63, 3.8) is 0 Å². The first-order chi connectivity index (χ1) is 28.2. The van der Waals surface area contributed by atoms with E-state index in [9.17, 15) is 0 Å². The summed E-state index contributed by atoms with van der Waals surface area (Å²) in [6.45, 7) is 0. The minimum absolute atomic E-state index is 0.0771. The van der Waals surface area contributed by atoms with Crippen molar-refractivity contribution < 1.29 is 4.42 Å². The number of rotatable bonds is 5. The lowest BCUT2D eigenvalue weighted by atomic mass is 9.93. The molecule has 3 aromatic heterocycles. The van der Waals surface area contributed by atoms with Crippen molar-refractivity contribution in [3.8, 4) is 16.8 Å². The van der Waals surface area contributed by atoms with Gasteiger partial charge in [-0.15, -0.1) is 11.3 Å². The van der Waals surface area contributed by atoms with E-state index in [0.29, 0.717) is 0 Å². The van der Waals surface area contributed by atoms with Crippen molar-refractivity contribution in [1.82, 2.24) is 9.88 Å². The number of fused-ring (bicyclic) bond motifs is 9. The average Bonchev–Trinajstić information content (AvgIpc) is 3.95. The molecule has 1 N–H and O–H groups in total. The first-order valence-electron chi connectivity index (χ1n) is 19.4. The molecule has 0 radical (unpaired) electrons. The van der Waals surface area contributed by atoms with E-state index in [1.165, 1.54) is 69.8 Å². The van der Waals surface area contributed by atoms with E-state index in [2.05, 4.69) is 204 Å². The van der Waals surface area contributed by atoms with E-state index < -0.39 is 0 Å². The molecule has 0 aliphatic carbocycles. The molecule has 4 heterocycles. The molecule has 1 unspecified atom stereocenters. The van der Waals surface area contributed by atoms with Crippen LogP contribution in [0.4, 0.5) is 0 Å². The quantitative estimate of drug-likeness (QED) is 0.190. The topological polar surface area (TPSA) is 30.1 Å². The Morgan fingerprint density at radius 3 is 1.88 bits per heavy atom. The summed E-state index contributed by atoms with van der Waals surface area (Å²) in [5, 5.41) is 11.1. The molecular formula is C53H34N2OS. The molecule has 268 valence electrons. The number of hydrogen-bond acceptors (Lipinski definition) is 3. The predicted molar refractivity (Wildman–Crippen MR) is 241 cm³/mol. The van der Waals surface area contributed by atoms with E-state index in [-0.39, 0.29) is 6.04 Å². The molecule has 4 heteroatoms. The monoisotopic (exact) mass is 746 g/mol. The van der Waals surface area contributed by atoms with E-state index in [4.69, 9.17) is 4.42 Å². The summed E-state index contributed by atoms with van der Waals surface area (Å²) in [4.78, 5) is 0. The van der Waals surface area contributed by atoms with Gasteiger partial charge in [0.25, 0.3) is 0 Å². The van der Waals surface area contributed by atoms with Gasteiger partial charge in [-0.2, -0.15) is 0 Å². The summed E-state index contributed by atoms with van der Waals surface area (Å²) in [6.07, 6.45) is 4.65. The van der Waals surface area contributed by atoms with E-state index in [1.807, 2.05) is 11.3 Å². The Balaban J connectivity index is 0.909. The van der Waals surface area contributed by atoms with Crippen LogP contribution in [-0.2, 0) is 0 Å². The molecule has 11 aromatic rings. The number of thiophene rings is 1. The van der Waals surface area contributed by atoms with Gasteiger partial charge in [-0.25, -0.2) is 0 Å². The van der Waals surface area contributed by atoms with Crippen LogP contribution in [0.3, 0.4) is 0 Å². The summed E-state index contributed by atoms with van der Waals surface area (Å²) >= 11 is 1.86. The van der Waals surface area contributed by atoms with Gasteiger partial charge in [-0.1, -0.05) is 121 Å². The van der Waals surface area contributed by atoms with E-state index in [0.717, 1.165) is 38.9 Å². The summed E-state index contributed by atoms with van der Waals surface area (Å²) < 4.78 is 11.6. The van der Waals surface area contributed by atoms with Crippen molar-refractivity contribution in [1.29, 1.82) is 0 Å². The van der Waals surface area contributed by atoms with E-state index in [1.54, 1.807) is 0 Å². The third-order valence-electron chi connectivity index (χ3n) is 11.6. The van der Waals surface area contributed by atoms with Gasteiger partial charge in [0, 0.05) is 59.2 Å². The molecule has 12 rings (SSSR count). The van der Waals surface area contributed by atoms with Gasteiger partial charge in [0.15, 0.2) is 0 Å². The molecular weight excluding hydrogens is 713 g/mol. The first-order valence-corrected chi connectivity index (χ1v) is 20.3. The molecule has 1 atom stereocenters. The van der Waals surface area contributed by atoms with Gasteiger partial charge in [0.05, 0.1) is 17.1 Å². The number of nitrogens with one attached hydrogen (secondary N) is 1. The number of furan rings is 1. The highest BCUT2D eigenvalue weighted by molar-refractivity contribution is 7.25. The fraction of sp³-hybridized carbons (Fsp3) is 0.0189. The van der Waals surface area contributed by atoms with Crippen LogP contribution in [0.1, 0.15) is 22.7 Å². The number of aromatic nitrogens is 1. The predicted octanol–water partition coefficient (Wildman–Crippen LogP) is 14.5. The minimum Gasteiger partial charge on any atom is -0.456 e. The second-order valence-corrected chi connectivity index (χ2v) is 16.0. The van der Waals surface area contributed by atoms with Crippen LogP contribution >= 0.6 is 11.3 Å². The maximum absolute atomic E-state index is 6.64. The van der Waals surface area contributed by atoms with Crippen LogP contribution in [0.5, 0.6) is 0 Å². The highest BCUT2D eigenvalue weighted by Crippen LogP contribution is 2.41. The third-order valence-corrected chi connectivity index (χ3v) is 12.8. The van der Waals surface area contributed by atoms with Gasteiger partial charge in [-0.05, 0) is 100 Å². The van der Waals surface area contributed by atoms with Crippen molar-refractivity contribution in [2.45, 2.75) is 6.04 Å². The summed E-state index contributed by atoms with van der Waals surface area (Å²) in [6, 6.07) is 65.7. The van der Waals surface area contributed by atoms with E-state index >= 15 is 0 Å². The fourth-order valence-electron chi connectivity index (χ4n) is 8.86. The summed E-state index contributed by atoms with van der Waals surface area (Å²) in [5.41, 5.74) is 13.6. The fourth-order valence-corrected chi connectivity index (χ4v) is 9.99. The maximum atomic E-state index is 6.64. The zero-order chi connectivity index (χ0) is 37.5. The van der Waals surface area contributed by atoms with Gasteiger partial charge in [0.2, 0.25) is 0 Å². The highest BCUT2D eigenvalue weighted by atomic mass is 32.1. The largest absolute Gasteiger partial charge is 0.456 e. The van der Waals surface area contributed by atoms with Crippen LogP contribution in [-0.4, -0.2) is 4.57 Å².